The highest BCUT2D eigenvalue weighted by Crippen LogP contribution is 2.27. The second-order valence-corrected chi connectivity index (χ2v) is 4.93. The predicted octanol–water partition coefficient (Wildman–Crippen LogP) is 2.04. The van der Waals surface area contributed by atoms with Gasteiger partial charge >= 0.3 is 6.18 Å². The fourth-order valence-electron chi connectivity index (χ4n) is 2.47. The molecule has 116 valence electrons. The van der Waals surface area contributed by atoms with Gasteiger partial charge in [-0.2, -0.15) is 13.2 Å². The Balaban J connectivity index is 2.28. The molecule has 0 atom stereocenters. The number of amides is 1. The molecule has 0 unspecified atom stereocenters. The van der Waals surface area contributed by atoms with Crippen LogP contribution in [0.2, 0.25) is 0 Å². The van der Waals surface area contributed by atoms with Crippen molar-refractivity contribution in [2.75, 3.05) is 31.6 Å². The van der Waals surface area contributed by atoms with Crippen molar-refractivity contribution in [2.45, 2.75) is 19.0 Å². The van der Waals surface area contributed by atoms with Crippen LogP contribution in [-0.4, -0.2) is 48.3 Å². The van der Waals surface area contributed by atoms with Gasteiger partial charge in [0.05, 0.1) is 6.61 Å². The zero-order valence-electron chi connectivity index (χ0n) is 11.4. The summed E-state index contributed by atoms with van der Waals surface area (Å²) in [6, 6.07) is 5.00. The molecule has 21 heavy (non-hydrogen) atoms. The molecular formula is C14H17F3N2O2. The van der Waals surface area contributed by atoms with Crippen molar-refractivity contribution in [1.29, 1.82) is 0 Å². The van der Waals surface area contributed by atoms with Crippen molar-refractivity contribution in [2.24, 2.45) is 0 Å². The molecule has 0 spiro atoms. The van der Waals surface area contributed by atoms with E-state index in [1.54, 1.807) is 6.07 Å². The lowest BCUT2D eigenvalue weighted by molar-refractivity contribution is -0.141. The smallest absolute Gasteiger partial charge is 0.395 e. The maximum Gasteiger partial charge on any atom is 0.406 e. The van der Waals surface area contributed by atoms with Crippen LogP contribution in [0.4, 0.5) is 18.9 Å². The van der Waals surface area contributed by atoms with Gasteiger partial charge in [0.15, 0.2) is 0 Å². The molecule has 0 saturated heterocycles. The van der Waals surface area contributed by atoms with E-state index < -0.39 is 25.2 Å². The number of hydrogen-bond donors (Lipinski definition) is 2. The van der Waals surface area contributed by atoms with Crippen LogP contribution in [0.15, 0.2) is 18.2 Å². The average molecular weight is 302 g/mol. The number of carbonyl (C=O) groups is 1. The highest BCUT2D eigenvalue weighted by atomic mass is 19.4. The van der Waals surface area contributed by atoms with E-state index >= 15 is 0 Å². The summed E-state index contributed by atoms with van der Waals surface area (Å²) in [5.41, 5.74) is 1.82. The first-order valence-electron chi connectivity index (χ1n) is 6.75. The van der Waals surface area contributed by atoms with E-state index in [4.69, 9.17) is 5.11 Å². The molecule has 2 rings (SSSR count). The Morgan fingerprint density at radius 1 is 1.38 bits per heavy atom. The molecule has 0 fully saturated rings. The van der Waals surface area contributed by atoms with Crippen molar-refractivity contribution < 1.29 is 23.1 Å². The molecule has 1 aliphatic rings. The summed E-state index contributed by atoms with van der Waals surface area (Å²) < 4.78 is 37.7. The quantitative estimate of drug-likeness (QED) is 0.895. The van der Waals surface area contributed by atoms with Crippen molar-refractivity contribution in [3.8, 4) is 0 Å². The number of nitrogens with one attached hydrogen (secondary N) is 1. The third kappa shape index (κ3) is 3.87. The van der Waals surface area contributed by atoms with E-state index in [9.17, 15) is 18.0 Å². The Labute approximate surface area is 120 Å². The largest absolute Gasteiger partial charge is 0.406 e. The van der Waals surface area contributed by atoms with Crippen LogP contribution < -0.4 is 5.32 Å². The van der Waals surface area contributed by atoms with Crippen LogP contribution in [0.25, 0.3) is 0 Å². The van der Waals surface area contributed by atoms with Gasteiger partial charge in [0.25, 0.3) is 5.91 Å². The fourth-order valence-corrected chi connectivity index (χ4v) is 2.47. The molecule has 0 bridgehead atoms. The Kier molecular flexibility index (Phi) is 4.72. The molecule has 1 aliphatic heterocycles. The summed E-state index contributed by atoms with van der Waals surface area (Å²) in [5.74, 6) is -0.693. The normalized spacial score (nSPS) is 14.3. The molecule has 0 radical (unpaired) electrons. The van der Waals surface area contributed by atoms with Gasteiger partial charge in [-0.25, -0.2) is 0 Å². The van der Waals surface area contributed by atoms with Crippen molar-refractivity contribution in [1.82, 2.24) is 4.90 Å². The standard InChI is InChI=1S/C14H17F3N2O2/c15-14(16,17)9-19(7-8-20)13(21)11-3-1-5-12-10(11)4-2-6-18-12/h1,3,5,18,20H,2,4,6-9H2. The average Bonchev–Trinajstić information content (AvgIpc) is 2.44. The van der Waals surface area contributed by atoms with Gasteiger partial charge in [-0.1, -0.05) is 6.07 Å². The summed E-state index contributed by atoms with van der Waals surface area (Å²) >= 11 is 0. The molecule has 0 aliphatic carbocycles. The minimum absolute atomic E-state index is 0.275. The van der Waals surface area contributed by atoms with E-state index in [1.807, 2.05) is 6.07 Å². The highest BCUT2D eigenvalue weighted by molar-refractivity contribution is 5.97. The lowest BCUT2D eigenvalue weighted by Gasteiger charge is -2.26. The van der Waals surface area contributed by atoms with Gasteiger partial charge in [0, 0.05) is 24.3 Å². The van der Waals surface area contributed by atoms with Gasteiger partial charge in [0.1, 0.15) is 6.54 Å². The summed E-state index contributed by atoms with van der Waals surface area (Å²) in [6.07, 6.45) is -3.00. The Morgan fingerprint density at radius 2 is 2.14 bits per heavy atom. The summed E-state index contributed by atoms with van der Waals surface area (Å²) in [6.45, 7) is -1.42. The molecular weight excluding hydrogens is 285 g/mol. The second kappa shape index (κ2) is 6.34. The molecule has 0 aromatic heterocycles. The minimum atomic E-state index is -4.49. The summed E-state index contributed by atoms with van der Waals surface area (Å²) in [7, 11) is 0. The number of nitrogens with zero attached hydrogens (tertiary/aromatic N) is 1. The number of halogens is 3. The van der Waals surface area contributed by atoms with Crippen LogP contribution in [0.1, 0.15) is 22.3 Å². The monoisotopic (exact) mass is 302 g/mol. The predicted molar refractivity (Wildman–Crippen MR) is 72.3 cm³/mol. The van der Waals surface area contributed by atoms with Crippen LogP contribution in [0, 0.1) is 0 Å². The molecule has 1 aromatic carbocycles. The highest BCUT2D eigenvalue weighted by Gasteiger charge is 2.34. The number of carbonyl (C=O) groups excluding carboxylic acids is 1. The summed E-state index contributed by atoms with van der Waals surface area (Å²) in [5, 5.41) is 12.0. The molecule has 1 aromatic rings. The first kappa shape index (κ1) is 15.6. The van der Waals surface area contributed by atoms with Crippen LogP contribution >= 0.6 is 0 Å². The lowest BCUT2D eigenvalue weighted by Crippen LogP contribution is -2.41. The van der Waals surface area contributed by atoms with E-state index in [1.165, 1.54) is 6.07 Å². The Morgan fingerprint density at radius 3 is 2.81 bits per heavy atom. The van der Waals surface area contributed by atoms with Gasteiger partial charge in [-0.05, 0) is 30.5 Å². The number of fused-ring (bicyclic) bond motifs is 1. The van der Waals surface area contributed by atoms with E-state index in [-0.39, 0.29) is 12.1 Å². The maximum atomic E-state index is 12.6. The third-order valence-corrected chi connectivity index (χ3v) is 3.35. The number of benzene rings is 1. The first-order chi connectivity index (χ1) is 9.92. The first-order valence-corrected chi connectivity index (χ1v) is 6.75. The molecule has 0 saturated carbocycles. The van der Waals surface area contributed by atoms with E-state index in [0.29, 0.717) is 11.3 Å². The number of rotatable bonds is 4. The van der Waals surface area contributed by atoms with Crippen LogP contribution in [0.5, 0.6) is 0 Å². The zero-order valence-corrected chi connectivity index (χ0v) is 11.4. The number of aliphatic hydroxyl groups excluding tert-OH is 1. The van der Waals surface area contributed by atoms with Crippen LogP contribution in [-0.2, 0) is 6.42 Å². The maximum absolute atomic E-state index is 12.6. The number of aliphatic hydroxyl groups is 1. The molecule has 4 nitrogen and oxygen atoms in total. The minimum Gasteiger partial charge on any atom is -0.395 e. The Hall–Kier alpha value is -1.76. The Bertz CT molecular complexity index is 517. The number of alkyl halides is 3. The van der Waals surface area contributed by atoms with E-state index in [0.717, 1.165) is 24.2 Å². The second-order valence-electron chi connectivity index (χ2n) is 4.93. The summed E-state index contributed by atoms with van der Waals surface area (Å²) in [4.78, 5) is 13.0. The third-order valence-electron chi connectivity index (χ3n) is 3.35. The van der Waals surface area contributed by atoms with Crippen molar-refractivity contribution in [3.63, 3.8) is 0 Å². The molecule has 1 amide bonds. The fraction of sp³-hybridized carbons (Fsp3) is 0.500. The van der Waals surface area contributed by atoms with Gasteiger partial charge in [0.2, 0.25) is 0 Å². The SMILES string of the molecule is O=C(c1cccc2c1CCCN2)N(CCO)CC(F)(F)F. The van der Waals surface area contributed by atoms with Crippen molar-refractivity contribution in [3.05, 3.63) is 29.3 Å². The molecule has 1 heterocycles. The van der Waals surface area contributed by atoms with E-state index in [2.05, 4.69) is 5.32 Å². The zero-order chi connectivity index (χ0) is 15.5. The number of hydrogen-bond acceptors (Lipinski definition) is 3. The van der Waals surface area contributed by atoms with Gasteiger partial charge < -0.3 is 15.3 Å². The molecule has 7 heteroatoms. The lowest BCUT2D eigenvalue weighted by atomic mass is 9.97. The topological polar surface area (TPSA) is 52.6 Å². The molecule has 2 N–H and O–H groups in total. The van der Waals surface area contributed by atoms with Crippen LogP contribution in [0.3, 0.4) is 0 Å². The van der Waals surface area contributed by atoms with Gasteiger partial charge in [-0.3, -0.25) is 4.79 Å². The van der Waals surface area contributed by atoms with Gasteiger partial charge in [-0.15, -0.1) is 0 Å². The van der Waals surface area contributed by atoms with Crippen molar-refractivity contribution >= 4 is 11.6 Å². The number of anilines is 1.